The van der Waals surface area contributed by atoms with Gasteiger partial charge >= 0.3 is 11.9 Å². The van der Waals surface area contributed by atoms with Crippen molar-refractivity contribution in [3.8, 4) is 0 Å². The van der Waals surface area contributed by atoms with E-state index in [-0.39, 0.29) is 0 Å². The van der Waals surface area contributed by atoms with Gasteiger partial charge in [0.15, 0.2) is 0 Å². The summed E-state index contributed by atoms with van der Waals surface area (Å²) in [6.45, 7) is 1.86. The highest BCUT2D eigenvalue weighted by molar-refractivity contribution is 5.89. The quantitative estimate of drug-likeness (QED) is 0.508. The number of rotatable bonds is 7. The third kappa shape index (κ3) is 5.86. The van der Waals surface area contributed by atoms with Gasteiger partial charge in [-0.3, -0.25) is 9.59 Å². The topological polar surface area (TPSA) is 119 Å². The maximum atomic E-state index is 11.5. The Labute approximate surface area is 99.3 Å². The highest BCUT2D eigenvalue weighted by Gasteiger charge is 2.25. The molecule has 0 aromatic carbocycles. The van der Waals surface area contributed by atoms with Crippen LogP contribution in [0.2, 0.25) is 0 Å². The van der Waals surface area contributed by atoms with E-state index in [2.05, 4.69) is 10.1 Å². The Morgan fingerprint density at radius 1 is 1.41 bits per heavy atom. The zero-order chi connectivity index (χ0) is 13.4. The fraction of sp³-hybridized carbons (Fsp3) is 0.700. The van der Waals surface area contributed by atoms with Crippen molar-refractivity contribution in [1.82, 2.24) is 5.32 Å². The molecule has 0 heterocycles. The first-order valence-corrected chi connectivity index (χ1v) is 5.27. The molecule has 0 unspecified atom stereocenters. The van der Waals surface area contributed by atoms with Gasteiger partial charge in [-0.2, -0.15) is 0 Å². The summed E-state index contributed by atoms with van der Waals surface area (Å²) in [6, 6.07) is -2.07. The van der Waals surface area contributed by atoms with Crippen LogP contribution in [-0.4, -0.2) is 42.1 Å². The second-order valence-corrected chi connectivity index (χ2v) is 3.57. The largest absolute Gasteiger partial charge is 0.480 e. The van der Waals surface area contributed by atoms with Crippen LogP contribution >= 0.6 is 0 Å². The number of esters is 1. The summed E-state index contributed by atoms with van der Waals surface area (Å²) in [5, 5.41) is 11.0. The summed E-state index contributed by atoms with van der Waals surface area (Å²) < 4.78 is 4.34. The molecular formula is C10H18N2O5. The van der Waals surface area contributed by atoms with Crippen LogP contribution in [-0.2, 0) is 19.1 Å². The summed E-state index contributed by atoms with van der Waals surface area (Å²) in [5.74, 6) is -2.59. The maximum absolute atomic E-state index is 11.5. The third-order valence-corrected chi connectivity index (χ3v) is 2.15. The summed E-state index contributed by atoms with van der Waals surface area (Å²) in [4.78, 5) is 33.2. The van der Waals surface area contributed by atoms with Gasteiger partial charge in [0.25, 0.3) is 0 Å². The van der Waals surface area contributed by atoms with E-state index in [4.69, 9.17) is 10.8 Å². The number of carbonyl (C=O) groups excluding carboxylic acids is 2. The smallest absolute Gasteiger partial charge is 0.326 e. The number of carbonyl (C=O) groups is 3. The molecule has 0 spiro atoms. The van der Waals surface area contributed by atoms with Gasteiger partial charge in [-0.05, 0) is 6.42 Å². The Bertz CT molecular complexity index is 292. The highest BCUT2D eigenvalue weighted by atomic mass is 16.5. The molecule has 0 saturated carbocycles. The van der Waals surface area contributed by atoms with Gasteiger partial charge in [0, 0.05) is 0 Å². The van der Waals surface area contributed by atoms with Crippen molar-refractivity contribution in [2.75, 3.05) is 7.11 Å². The molecule has 0 bridgehead atoms. The third-order valence-electron chi connectivity index (χ3n) is 2.15. The molecule has 0 radical (unpaired) electrons. The zero-order valence-corrected chi connectivity index (χ0v) is 9.93. The van der Waals surface area contributed by atoms with Gasteiger partial charge in [0.2, 0.25) is 5.91 Å². The molecule has 0 aliphatic carbocycles. The fourth-order valence-corrected chi connectivity index (χ4v) is 1.17. The van der Waals surface area contributed by atoms with Gasteiger partial charge in [-0.25, -0.2) is 4.79 Å². The van der Waals surface area contributed by atoms with Gasteiger partial charge in [-0.1, -0.05) is 13.3 Å². The Morgan fingerprint density at radius 2 is 2.00 bits per heavy atom. The first-order chi connectivity index (χ1) is 7.92. The fourth-order valence-electron chi connectivity index (χ4n) is 1.17. The van der Waals surface area contributed by atoms with Crippen molar-refractivity contribution in [3.63, 3.8) is 0 Å². The maximum Gasteiger partial charge on any atom is 0.326 e. The summed E-state index contributed by atoms with van der Waals surface area (Å²) >= 11 is 0. The molecule has 7 nitrogen and oxygen atoms in total. The molecule has 0 aromatic rings. The van der Waals surface area contributed by atoms with Crippen molar-refractivity contribution in [3.05, 3.63) is 0 Å². The van der Waals surface area contributed by atoms with Crippen molar-refractivity contribution in [2.45, 2.75) is 38.3 Å². The summed E-state index contributed by atoms with van der Waals surface area (Å²) in [6.07, 6.45) is 0.746. The van der Waals surface area contributed by atoms with Crippen LogP contribution in [0.4, 0.5) is 0 Å². The molecule has 0 saturated heterocycles. The predicted molar refractivity (Wildman–Crippen MR) is 59.1 cm³/mol. The Kier molecular flexibility index (Phi) is 6.88. The second-order valence-electron chi connectivity index (χ2n) is 3.57. The number of hydrogen-bond donors (Lipinski definition) is 3. The molecule has 7 heteroatoms. The van der Waals surface area contributed by atoms with Crippen LogP contribution in [0.1, 0.15) is 26.2 Å². The monoisotopic (exact) mass is 246 g/mol. The van der Waals surface area contributed by atoms with Crippen LogP contribution in [0.15, 0.2) is 0 Å². The van der Waals surface area contributed by atoms with E-state index in [1.54, 1.807) is 0 Å². The first-order valence-electron chi connectivity index (χ1n) is 5.27. The zero-order valence-electron chi connectivity index (χ0n) is 9.93. The van der Waals surface area contributed by atoms with Crippen molar-refractivity contribution in [2.24, 2.45) is 5.73 Å². The Hall–Kier alpha value is -1.63. The molecule has 2 atom stereocenters. The van der Waals surface area contributed by atoms with Crippen LogP contribution in [0, 0.1) is 0 Å². The Balaban J connectivity index is 4.39. The molecule has 17 heavy (non-hydrogen) atoms. The van der Waals surface area contributed by atoms with E-state index in [0.717, 1.165) is 7.11 Å². The van der Waals surface area contributed by atoms with Crippen LogP contribution in [0.25, 0.3) is 0 Å². The average molecular weight is 246 g/mol. The average Bonchev–Trinajstić information content (AvgIpc) is 2.27. The number of carboxylic acids is 1. The van der Waals surface area contributed by atoms with E-state index in [9.17, 15) is 14.4 Å². The van der Waals surface area contributed by atoms with E-state index in [1.807, 2.05) is 6.92 Å². The number of methoxy groups -OCH3 is 1. The number of hydrogen-bond acceptors (Lipinski definition) is 5. The number of ether oxygens (including phenoxy) is 1. The lowest BCUT2D eigenvalue weighted by atomic mass is 10.1. The number of aliphatic carboxylic acids is 1. The predicted octanol–water partition coefficient (Wildman–Crippen LogP) is -0.754. The standard InChI is InChI=1S/C10H18N2O5/c1-3-4-6(11)9(14)12-7(10(15)16)5-8(13)17-2/h6-7H,3-5,11H2,1-2H3,(H,12,14)(H,15,16)/t6-,7-/m0/s1. The van der Waals surface area contributed by atoms with E-state index >= 15 is 0 Å². The van der Waals surface area contributed by atoms with Gasteiger partial charge in [0.1, 0.15) is 6.04 Å². The van der Waals surface area contributed by atoms with Crippen molar-refractivity contribution >= 4 is 17.8 Å². The van der Waals surface area contributed by atoms with Gasteiger partial charge in [0.05, 0.1) is 19.6 Å². The van der Waals surface area contributed by atoms with Crippen LogP contribution in [0.3, 0.4) is 0 Å². The normalized spacial score (nSPS) is 13.6. The molecular weight excluding hydrogens is 228 g/mol. The highest BCUT2D eigenvalue weighted by Crippen LogP contribution is 1.98. The molecule has 98 valence electrons. The molecule has 0 aliphatic rings. The lowest BCUT2D eigenvalue weighted by molar-refractivity contribution is -0.148. The molecule has 0 fully saturated rings. The molecule has 4 N–H and O–H groups in total. The minimum Gasteiger partial charge on any atom is -0.480 e. The molecule has 0 aliphatic heterocycles. The van der Waals surface area contributed by atoms with Crippen molar-refractivity contribution in [1.29, 1.82) is 0 Å². The van der Waals surface area contributed by atoms with E-state index < -0.39 is 36.4 Å². The van der Waals surface area contributed by atoms with E-state index in [1.165, 1.54) is 0 Å². The lowest BCUT2D eigenvalue weighted by Crippen LogP contribution is -2.49. The number of nitrogens with one attached hydrogen (secondary N) is 1. The van der Waals surface area contributed by atoms with Crippen molar-refractivity contribution < 1.29 is 24.2 Å². The first kappa shape index (κ1) is 15.4. The summed E-state index contributed by atoms with van der Waals surface area (Å²) in [7, 11) is 1.14. The van der Waals surface area contributed by atoms with Crippen LogP contribution in [0.5, 0.6) is 0 Å². The number of nitrogens with two attached hydrogens (primary N) is 1. The SMILES string of the molecule is CCC[C@H](N)C(=O)N[C@@H](CC(=O)OC)C(=O)O. The molecule has 0 aromatic heterocycles. The van der Waals surface area contributed by atoms with Crippen LogP contribution < -0.4 is 11.1 Å². The van der Waals surface area contributed by atoms with Gasteiger partial charge in [-0.15, -0.1) is 0 Å². The number of amides is 1. The lowest BCUT2D eigenvalue weighted by Gasteiger charge is -2.16. The molecule has 1 amide bonds. The minimum absolute atomic E-state index is 0.420. The van der Waals surface area contributed by atoms with E-state index in [0.29, 0.717) is 12.8 Å². The minimum atomic E-state index is -1.31. The Morgan fingerprint density at radius 3 is 2.41 bits per heavy atom. The molecule has 0 rings (SSSR count). The number of carboxylic acid groups (broad SMARTS) is 1. The second kappa shape index (κ2) is 7.61. The van der Waals surface area contributed by atoms with Gasteiger partial charge < -0.3 is 20.9 Å². The summed E-state index contributed by atoms with van der Waals surface area (Å²) in [5.41, 5.74) is 5.52.